The van der Waals surface area contributed by atoms with Gasteiger partial charge >= 0.3 is 5.97 Å². The lowest BCUT2D eigenvalue weighted by Crippen LogP contribution is -2.78. The van der Waals surface area contributed by atoms with Gasteiger partial charge in [-0.2, -0.15) is 0 Å². The van der Waals surface area contributed by atoms with Crippen molar-refractivity contribution in [3.8, 4) is 11.5 Å². The van der Waals surface area contributed by atoms with Crippen LogP contribution in [0, 0.1) is 5.92 Å². The Hall–Kier alpha value is -1.83. The molecule has 174 valence electrons. The summed E-state index contributed by atoms with van der Waals surface area (Å²) in [5.41, 5.74) is 1.88. The fourth-order valence-corrected chi connectivity index (χ4v) is 7.61. The van der Waals surface area contributed by atoms with Gasteiger partial charge in [-0.05, 0) is 75.6 Å². The minimum absolute atomic E-state index is 0.112. The van der Waals surface area contributed by atoms with Crippen molar-refractivity contribution in [1.29, 1.82) is 0 Å². The minimum Gasteiger partial charge on any atom is -0.504 e. The standard InChI is InChI=1S/C25H34N2O5/c1-31-25-9-8-17(26-11-2-3-20(29)30)23-24(25)10-12-27(14-15-4-5-15)19(25)13-16-6-7-18(28)22(32-23)21(16)24/h6-7,15,17,19,23,26,28H,2-5,8-14H2,1H3,(H,29,30)/t17-,19?,23+,24?,25-/m1/s1. The Morgan fingerprint density at radius 1 is 1.31 bits per heavy atom. The SMILES string of the molecule is CO[C@@]12CC[C@@H](NCCCC(=O)O)[C@@H]3Oc4c(O)ccc5c4C31CCN(CC1CC1)C2C5. The maximum atomic E-state index is 10.9. The van der Waals surface area contributed by atoms with Gasteiger partial charge in [0.15, 0.2) is 11.5 Å². The van der Waals surface area contributed by atoms with Crippen LogP contribution in [0.15, 0.2) is 12.1 Å². The van der Waals surface area contributed by atoms with Crippen LogP contribution in [0.5, 0.6) is 11.5 Å². The molecule has 2 saturated carbocycles. The summed E-state index contributed by atoms with van der Waals surface area (Å²) >= 11 is 0. The summed E-state index contributed by atoms with van der Waals surface area (Å²) in [6.07, 6.45) is 7.11. The number of nitrogens with one attached hydrogen (secondary N) is 1. The molecule has 7 nitrogen and oxygen atoms in total. The second-order valence-corrected chi connectivity index (χ2v) is 10.6. The number of carbonyl (C=O) groups is 1. The fourth-order valence-electron chi connectivity index (χ4n) is 7.61. The van der Waals surface area contributed by atoms with Gasteiger partial charge in [0, 0.05) is 37.7 Å². The Balaban J connectivity index is 1.40. The number of aromatic hydroxyl groups is 1. The third-order valence-corrected chi connectivity index (χ3v) is 9.06. The van der Waals surface area contributed by atoms with Crippen LogP contribution in [-0.2, 0) is 21.4 Å². The third-order valence-electron chi connectivity index (χ3n) is 9.06. The van der Waals surface area contributed by atoms with Gasteiger partial charge in [-0.15, -0.1) is 0 Å². The maximum Gasteiger partial charge on any atom is 0.303 e. The molecule has 2 bridgehead atoms. The van der Waals surface area contributed by atoms with Gasteiger partial charge in [-0.3, -0.25) is 9.69 Å². The molecule has 0 radical (unpaired) electrons. The van der Waals surface area contributed by atoms with Gasteiger partial charge in [0.25, 0.3) is 0 Å². The zero-order valence-electron chi connectivity index (χ0n) is 18.8. The number of nitrogens with zero attached hydrogens (tertiary/aromatic N) is 1. The number of phenolic OH excluding ortho intramolecular Hbond substituents is 1. The van der Waals surface area contributed by atoms with Crippen molar-refractivity contribution in [3.05, 3.63) is 23.3 Å². The van der Waals surface area contributed by atoms with Gasteiger partial charge in [0.2, 0.25) is 0 Å². The predicted octanol–water partition coefficient (Wildman–Crippen LogP) is 2.43. The molecule has 1 saturated heterocycles. The molecule has 3 fully saturated rings. The van der Waals surface area contributed by atoms with Crippen molar-refractivity contribution < 1.29 is 24.5 Å². The number of methoxy groups -OCH3 is 1. The van der Waals surface area contributed by atoms with Crippen LogP contribution in [0.25, 0.3) is 0 Å². The van der Waals surface area contributed by atoms with Crippen molar-refractivity contribution in [1.82, 2.24) is 10.2 Å². The molecule has 2 aliphatic heterocycles. The number of carboxylic acid groups (broad SMARTS) is 1. The maximum absolute atomic E-state index is 10.9. The first-order chi connectivity index (χ1) is 15.5. The molecule has 2 unspecified atom stereocenters. The minimum atomic E-state index is -0.760. The van der Waals surface area contributed by atoms with Crippen LogP contribution in [0.2, 0.25) is 0 Å². The molecule has 5 atom stereocenters. The Labute approximate surface area is 189 Å². The first-order valence-electron chi connectivity index (χ1n) is 12.3. The second kappa shape index (κ2) is 7.34. The lowest BCUT2D eigenvalue weighted by molar-refractivity contribution is -0.207. The molecule has 3 aliphatic carbocycles. The van der Waals surface area contributed by atoms with E-state index in [4.69, 9.17) is 14.6 Å². The van der Waals surface area contributed by atoms with Crippen LogP contribution >= 0.6 is 0 Å². The molecule has 32 heavy (non-hydrogen) atoms. The molecule has 6 rings (SSSR count). The van der Waals surface area contributed by atoms with Crippen molar-refractivity contribution in [2.24, 2.45) is 5.92 Å². The number of ether oxygens (including phenoxy) is 2. The van der Waals surface area contributed by atoms with Gasteiger partial charge in [-0.1, -0.05) is 6.07 Å². The molecule has 0 aromatic heterocycles. The zero-order valence-corrected chi connectivity index (χ0v) is 18.8. The Kier molecular flexibility index (Phi) is 4.76. The van der Waals surface area contributed by atoms with Crippen molar-refractivity contribution >= 4 is 5.97 Å². The topological polar surface area (TPSA) is 91.3 Å². The van der Waals surface area contributed by atoms with Crippen molar-refractivity contribution in [3.63, 3.8) is 0 Å². The number of aliphatic carboxylic acids is 1. The molecular weight excluding hydrogens is 408 g/mol. The number of benzene rings is 1. The predicted molar refractivity (Wildman–Crippen MR) is 118 cm³/mol. The number of phenols is 1. The average molecular weight is 443 g/mol. The number of carboxylic acids is 1. The molecule has 3 N–H and O–H groups in total. The molecule has 1 aromatic rings. The van der Waals surface area contributed by atoms with Crippen molar-refractivity contribution in [2.75, 3.05) is 26.7 Å². The lowest BCUT2D eigenvalue weighted by atomic mass is 9.48. The highest BCUT2D eigenvalue weighted by atomic mass is 16.5. The molecule has 5 aliphatic rings. The summed E-state index contributed by atoms with van der Waals surface area (Å²) in [7, 11) is 1.87. The Morgan fingerprint density at radius 2 is 2.16 bits per heavy atom. The number of rotatable bonds is 8. The molecule has 1 spiro atoms. The van der Waals surface area contributed by atoms with E-state index in [0.29, 0.717) is 24.8 Å². The first kappa shape index (κ1) is 20.8. The van der Waals surface area contributed by atoms with E-state index in [0.717, 1.165) is 44.7 Å². The van der Waals surface area contributed by atoms with Gasteiger partial charge in [0.05, 0.1) is 11.0 Å². The van der Waals surface area contributed by atoms with Crippen LogP contribution in [0.4, 0.5) is 0 Å². The van der Waals surface area contributed by atoms with E-state index >= 15 is 0 Å². The summed E-state index contributed by atoms with van der Waals surface area (Å²) in [5, 5.41) is 23.4. The van der Waals surface area contributed by atoms with Crippen LogP contribution < -0.4 is 10.1 Å². The second-order valence-electron chi connectivity index (χ2n) is 10.6. The zero-order chi connectivity index (χ0) is 22.1. The Morgan fingerprint density at radius 3 is 2.91 bits per heavy atom. The van der Waals surface area contributed by atoms with E-state index in [-0.39, 0.29) is 35.3 Å². The summed E-state index contributed by atoms with van der Waals surface area (Å²) in [6, 6.07) is 4.32. The van der Waals surface area contributed by atoms with E-state index in [1.807, 2.05) is 7.11 Å². The van der Waals surface area contributed by atoms with Gasteiger partial charge in [0.1, 0.15) is 6.10 Å². The smallest absolute Gasteiger partial charge is 0.303 e. The summed E-state index contributed by atoms with van der Waals surface area (Å²) in [5.74, 6) is 0.950. The highest BCUT2D eigenvalue weighted by molar-refractivity contribution is 5.66. The average Bonchev–Trinajstić information content (AvgIpc) is 3.52. The summed E-state index contributed by atoms with van der Waals surface area (Å²) in [4.78, 5) is 13.6. The van der Waals surface area contributed by atoms with Crippen LogP contribution in [-0.4, -0.2) is 71.6 Å². The van der Waals surface area contributed by atoms with E-state index in [1.54, 1.807) is 6.07 Å². The molecule has 2 heterocycles. The number of hydrogen-bond donors (Lipinski definition) is 3. The fraction of sp³-hybridized carbons (Fsp3) is 0.720. The summed E-state index contributed by atoms with van der Waals surface area (Å²) in [6.45, 7) is 2.85. The highest BCUT2D eigenvalue weighted by Crippen LogP contribution is 2.66. The molecule has 7 heteroatoms. The third kappa shape index (κ3) is 2.74. The van der Waals surface area contributed by atoms with E-state index in [9.17, 15) is 9.90 Å². The van der Waals surface area contributed by atoms with Crippen molar-refractivity contribution in [2.45, 2.75) is 80.6 Å². The van der Waals surface area contributed by atoms with E-state index in [2.05, 4.69) is 16.3 Å². The first-order valence-corrected chi connectivity index (χ1v) is 12.3. The monoisotopic (exact) mass is 442 g/mol. The summed E-state index contributed by atoms with van der Waals surface area (Å²) < 4.78 is 13.2. The van der Waals surface area contributed by atoms with Gasteiger partial charge in [-0.25, -0.2) is 0 Å². The van der Waals surface area contributed by atoms with Gasteiger partial charge < -0.3 is 25.0 Å². The number of hydrogen-bond acceptors (Lipinski definition) is 6. The Bertz CT molecular complexity index is 933. The van der Waals surface area contributed by atoms with E-state index in [1.165, 1.54) is 24.0 Å². The van der Waals surface area contributed by atoms with Crippen LogP contribution in [0.1, 0.15) is 56.1 Å². The molecule has 1 aromatic carbocycles. The number of piperidine rings is 1. The molecular formula is C25H34N2O5. The number of likely N-dealkylation sites (tertiary alicyclic amines) is 1. The lowest BCUT2D eigenvalue weighted by Gasteiger charge is -2.65. The largest absolute Gasteiger partial charge is 0.504 e. The quantitative estimate of drug-likeness (QED) is 0.533. The normalized spacial score (nSPS) is 37.1. The highest BCUT2D eigenvalue weighted by Gasteiger charge is 2.73. The van der Waals surface area contributed by atoms with E-state index < -0.39 is 5.97 Å². The van der Waals surface area contributed by atoms with Crippen LogP contribution in [0.3, 0.4) is 0 Å². The molecule has 0 amide bonds.